The Morgan fingerprint density at radius 1 is 1.47 bits per heavy atom. The lowest BCUT2D eigenvalue weighted by Gasteiger charge is -2.01. The molecule has 0 bridgehead atoms. The predicted octanol–water partition coefficient (Wildman–Crippen LogP) is 4.13. The zero-order chi connectivity index (χ0) is 13.8. The van der Waals surface area contributed by atoms with Crippen LogP contribution in [0.15, 0.2) is 33.1 Å². The molecular weight excluding hydrogens is 346 g/mol. The first-order chi connectivity index (χ1) is 9.06. The summed E-state index contributed by atoms with van der Waals surface area (Å²) in [5.74, 6) is 0.00931. The van der Waals surface area contributed by atoms with Gasteiger partial charge in [0.15, 0.2) is 4.34 Å². The molecule has 1 heterocycles. The van der Waals surface area contributed by atoms with Crippen molar-refractivity contribution in [2.24, 2.45) is 0 Å². The van der Waals surface area contributed by atoms with Gasteiger partial charge >= 0.3 is 5.97 Å². The molecule has 0 radical (unpaired) electrons. The first kappa shape index (κ1) is 14.6. The summed E-state index contributed by atoms with van der Waals surface area (Å²) in [6.45, 7) is 1.86. The molecule has 2 rings (SSSR count). The van der Waals surface area contributed by atoms with Gasteiger partial charge in [0.1, 0.15) is 0 Å². The lowest BCUT2D eigenvalue weighted by molar-refractivity contribution is -0.136. The molecular formula is C13H12BrNO2S2. The SMILES string of the molecule is Cc1nc(SCc2ccccc2Br)sc1CC(=O)O. The van der Waals surface area contributed by atoms with Crippen LogP contribution in [0.25, 0.3) is 0 Å². The molecule has 1 aromatic heterocycles. The van der Waals surface area contributed by atoms with Crippen LogP contribution in [-0.4, -0.2) is 16.1 Å². The Labute approximate surface area is 128 Å². The molecule has 0 aliphatic rings. The van der Waals surface area contributed by atoms with Crippen molar-refractivity contribution in [3.05, 3.63) is 44.9 Å². The number of hydrogen-bond acceptors (Lipinski definition) is 4. The fraction of sp³-hybridized carbons (Fsp3) is 0.231. The number of rotatable bonds is 5. The molecule has 1 aromatic carbocycles. The van der Waals surface area contributed by atoms with E-state index < -0.39 is 5.97 Å². The molecule has 19 heavy (non-hydrogen) atoms. The van der Waals surface area contributed by atoms with E-state index in [1.807, 2.05) is 25.1 Å². The van der Waals surface area contributed by atoms with Crippen LogP contribution in [-0.2, 0) is 17.0 Å². The highest BCUT2D eigenvalue weighted by atomic mass is 79.9. The van der Waals surface area contributed by atoms with Crippen molar-refractivity contribution in [1.29, 1.82) is 0 Å². The lowest BCUT2D eigenvalue weighted by atomic mass is 10.2. The number of thiazole rings is 1. The standard InChI is InChI=1S/C13H12BrNO2S2/c1-8-11(6-12(16)17)19-13(15-8)18-7-9-4-2-3-5-10(9)14/h2-5H,6-7H2,1H3,(H,16,17). The molecule has 0 aliphatic carbocycles. The van der Waals surface area contributed by atoms with Crippen molar-refractivity contribution in [2.75, 3.05) is 0 Å². The number of hydrogen-bond donors (Lipinski definition) is 1. The van der Waals surface area contributed by atoms with E-state index in [9.17, 15) is 4.79 Å². The molecule has 0 spiro atoms. The predicted molar refractivity (Wildman–Crippen MR) is 81.9 cm³/mol. The fourth-order valence-corrected chi connectivity index (χ4v) is 4.36. The number of carboxylic acids is 1. The first-order valence-corrected chi connectivity index (χ1v) is 8.20. The molecule has 0 atom stereocenters. The monoisotopic (exact) mass is 357 g/mol. The summed E-state index contributed by atoms with van der Waals surface area (Å²) in [6, 6.07) is 8.06. The summed E-state index contributed by atoms with van der Waals surface area (Å²) < 4.78 is 2.01. The van der Waals surface area contributed by atoms with Crippen LogP contribution in [0.2, 0.25) is 0 Å². The van der Waals surface area contributed by atoms with Gasteiger partial charge in [-0.1, -0.05) is 45.9 Å². The fourth-order valence-electron chi connectivity index (χ4n) is 1.52. The Bertz CT molecular complexity index is 598. The average Bonchev–Trinajstić information content (AvgIpc) is 2.68. The van der Waals surface area contributed by atoms with Crippen LogP contribution in [0.1, 0.15) is 16.1 Å². The highest BCUT2D eigenvalue weighted by Gasteiger charge is 2.11. The Hall–Kier alpha value is -0.850. The van der Waals surface area contributed by atoms with Gasteiger partial charge in [0.05, 0.1) is 12.1 Å². The van der Waals surface area contributed by atoms with Crippen LogP contribution in [0.4, 0.5) is 0 Å². The van der Waals surface area contributed by atoms with Crippen LogP contribution < -0.4 is 0 Å². The van der Waals surface area contributed by atoms with Crippen molar-refractivity contribution in [3.63, 3.8) is 0 Å². The van der Waals surface area contributed by atoms with E-state index in [1.54, 1.807) is 11.8 Å². The maximum atomic E-state index is 10.7. The first-order valence-electron chi connectivity index (χ1n) is 5.60. The topological polar surface area (TPSA) is 50.2 Å². The minimum atomic E-state index is -0.811. The Balaban J connectivity index is 2.04. The second-order valence-electron chi connectivity index (χ2n) is 3.94. The quantitative estimate of drug-likeness (QED) is 0.817. The highest BCUT2D eigenvalue weighted by molar-refractivity contribution is 9.10. The highest BCUT2D eigenvalue weighted by Crippen LogP contribution is 2.31. The van der Waals surface area contributed by atoms with Crippen molar-refractivity contribution in [1.82, 2.24) is 4.98 Å². The van der Waals surface area contributed by atoms with E-state index in [0.29, 0.717) is 0 Å². The van der Waals surface area contributed by atoms with Gasteiger partial charge in [-0.05, 0) is 18.6 Å². The molecule has 0 saturated carbocycles. The van der Waals surface area contributed by atoms with Gasteiger partial charge in [-0.3, -0.25) is 4.79 Å². The number of aliphatic carboxylic acids is 1. The number of carboxylic acid groups (broad SMARTS) is 1. The summed E-state index contributed by atoms with van der Waals surface area (Å²) in [6.07, 6.45) is 0.0547. The van der Waals surface area contributed by atoms with E-state index in [-0.39, 0.29) is 6.42 Å². The third-order valence-corrected chi connectivity index (χ3v) is 5.62. The van der Waals surface area contributed by atoms with Crippen LogP contribution in [0.5, 0.6) is 0 Å². The number of aromatic nitrogens is 1. The van der Waals surface area contributed by atoms with Gasteiger partial charge in [-0.25, -0.2) is 4.98 Å². The van der Waals surface area contributed by atoms with E-state index in [2.05, 4.69) is 27.0 Å². The van der Waals surface area contributed by atoms with E-state index in [1.165, 1.54) is 16.9 Å². The summed E-state index contributed by atoms with van der Waals surface area (Å²) in [7, 11) is 0. The molecule has 0 amide bonds. The molecule has 0 aliphatic heterocycles. The Morgan fingerprint density at radius 3 is 2.89 bits per heavy atom. The Kier molecular flexibility index (Phi) is 5.01. The van der Waals surface area contributed by atoms with Gasteiger partial charge in [0.2, 0.25) is 0 Å². The normalized spacial score (nSPS) is 10.6. The van der Waals surface area contributed by atoms with E-state index in [0.717, 1.165) is 25.1 Å². The van der Waals surface area contributed by atoms with Crippen molar-refractivity contribution in [3.8, 4) is 0 Å². The van der Waals surface area contributed by atoms with Crippen LogP contribution in [0, 0.1) is 6.92 Å². The molecule has 100 valence electrons. The molecule has 0 saturated heterocycles. The van der Waals surface area contributed by atoms with E-state index >= 15 is 0 Å². The number of carbonyl (C=O) groups is 1. The molecule has 1 N–H and O–H groups in total. The van der Waals surface area contributed by atoms with E-state index in [4.69, 9.17) is 5.11 Å². The molecule has 2 aromatic rings. The summed E-state index contributed by atoms with van der Waals surface area (Å²) in [5.41, 5.74) is 2.03. The van der Waals surface area contributed by atoms with Gasteiger partial charge in [-0.2, -0.15) is 0 Å². The number of halogens is 1. The second kappa shape index (κ2) is 6.54. The summed E-state index contributed by atoms with van der Waals surface area (Å²) in [4.78, 5) is 16.0. The van der Waals surface area contributed by atoms with Gasteiger partial charge in [-0.15, -0.1) is 11.3 Å². The van der Waals surface area contributed by atoms with Crippen molar-refractivity contribution in [2.45, 2.75) is 23.4 Å². The lowest BCUT2D eigenvalue weighted by Crippen LogP contribution is -1.99. The molecule has 3 nitrogen and oxygen atoms in total. The molecule has 0 fully saturated rings. The second-order valence-corrected chi connectivity index (χ2v) is 7.10. The summed E-state index contributed by atoms with van der Waals surface area (Å²) >= 11 is 6.62. The third kappa shape index (κ3) is 4.06. The summed E-state index contributed by atoms with van der Waals surface area (Å²) in [5, 5.41) is 8.81. The molecule has 0 unspecified atom stereocenters. The smallest absolute Gasteiger partial charge is 0.308 e. The zero-order valence-electron chi connectivity index (χ0n) is 10.2. The largest absolute Gasteiger partial charge is 0.481 e. The van der Waals surface area contributed by atoms with Crippen LogP contribution in [0.3, 0.4) is 0 Å². The number of aryl methyl sites for hydroxylation is 1. The molecule has 6 heteroatoms. The van der Waals surface area contributed by atoms with Crippen molar-refractivity contribution < 1.29 is 9.90 Å². The van der Waals surface area contributed by atoms with Gasteiger partial charge in [0.25, 0.3) is 0 Å². The number of nitrogens with zero attached hydrogens (tertiary/aromatic N) is 1. The maximum absolute atomic E-state index is 10.7. The third-order valence-electron chi connectivity index (χ3n) is 2.49. The Morgan fingerprint density at radius 2 is 2.21 bits per heavy atom. The average molecular weight is 358 g/mol. The van der Waals surface area contributed by atoms with Crippen molar-refractivity contribution >= 4 is 45.0 Å². The van der Waals surface area contributed by atoms with Gasteiger partial charge < -0.3 is 5.11 Å². The number of benzene rings is 1. The van der Waals surface area contributed by atoms with Crippen LogP contribution >= 0.6 is 39.0 Å². The minimum absolute atomic E-state index is 0.0547. The maximum Gasteiger partial charge on any atom is 0.308 e. The number of thioether (sulfide) groups is 1. The zero-order valence-corrected chi connectivity index (χ0v) is 13.4. The minimum Gasteiger partial charge on any atom is -0.481 e. The van der Waals surface area contributed by atoms with Gasteiger partial charge in [0, 0.05) is 15.1 Å².